The van der Waals surface area contributed by atoms with Crippen LogP contribution < -0.4 is 14.2 Å². The Balaban J connectivity index is 1.70. The smallest absolute Gasteiger partial charge is 0.295 e. The number of carbonyl (C=O) groups is 2. The van der Waals surface area contributed by atoms with Crippen LogP contribution in [0.25, 0.3) is 5.76 Å². The van der Waals surface area contributed by atoms with Gasteiger partial charge in [-0.1, -0.05) is 45.7 Å². The van der Waals surface area contributed by atoms with Crippen molar-refractivity contribution < 1.29 is 28.9 Å². The molecule has 1 atom stereocenters. The molecule has 1 saturated heterocycles. The zero-order valence-electron chi connectivity index (χ0n) is 23.3. The molecule has 1 amide bonds. The molecule has 0 aromatic heterocycles. The number of carbonyl (C=O) groups excluding carboxylic acids is 2. The predicted molar refractivity (Wildman–Crippen MR) is 150 cm³/mol. The van der Waals surface area contributed by atoms with Crippen molar-refractivity contribution in [1.29, 1.82) is 0 Å². The van der Waals surface area contributed by atoms with Gasteiger partial charge < -0.3 is 29.1 Å². The second-order valence-corrected chi connectivity index (χ2v) is 9.86. The van der Waals surface area contributed by atoms with Gasteiger partial charge in [0.25, 0.3) is 11.7 Å². The molecule has 0 spiro atoms. The average molecular weight is 537 g/mol. The lowest BCUT2D eigenvalue weighted by atomic mass is 9.95. The number of nitrogens with zero attached hydrogens (tertiary/aromatic N) is 2. The molecule has 4 rings (SSSR count). The molecule has 0 bridgehead atoms. The summed E-state index contributed by atoms with van der Waals surface area (Å²) in [4.78, 5) is 30.7. The molecule has 210 valence electrons. The predicted octanol–water partition coefficient (Wildman–Crippen LogP) is 5.18. The molecular weight excluding hydrogens is 496 g/mol. The first-order valence-electron chi connectivity index (χ1n) is 14.1. The quantitative estimate of drug-likeness (QED) is 0.163. The Kier molecular flexibility index (Phi) is 9.87. The summed E-state index contributed by atoms with van der Waals surface area (Å²) >= 11 is 0. The van der Waals surface area contributed by atoms with E-state index in [1.165, 1.54) is 0 Å². The Morgan fingerprint density at radius 3 is 2.51 bits per heavy atom. The molecule has 0 aliphatic carbocycles. The van der Waals surface area contributed by atoms with Crippen molar-refractivity contribution in [2.24, 2.45) is 0 Å². The molecule has 2 heterocycles. The topological polar surface area (TPSA) is 88.5 Å². The van der Waals surface area contributed by atoms with E-state index in [-0.39, 0.29) is 11.3 Å². The van der Waals surface area contributed by atoms with Crippen molar-refractivity contribution in [3.8, 4) is 17.2 Å². The third-order valence-electron chi connectivity index (χ3n) is 7.31. The van der Waals surface area contributed by atoms with E-state index in [0.29, 0.717) is 55.6 Å². The number of aliphatic hydroxyl groups is 1. The lowest BCUT2D eigenvalue weighted by molar-refractivity contribution is -0.140. The second-order valence-electron chi connectivity index (χ2n) is 9.86. The molecule has 0 saturated carbocycles. The van der Waals surface area contributed by atoms with Crippen LogP contribution in [0.3, 0.4) is 0 Å². The standard InChI is InChI=1S/C31H40N2O6/c1-4-7-8-17-37-24-12-9-11-22(20-24)28-27(29(34)23-13-14-25-26(21-23)39-19-18-38-25)30(35)31(36)33(28)16-10-15-32(5-2)6-3/h9,11-14,20-21,28,34H,4-8,10,15-19H2,1-3H3/b29-27-. The maximum Gasteiger partial charge on any atom is 0.295 e. The number of likely N-dealkylation sites (tertiary alicyclic amines) is 1. The van der Waals surface area contributed by atoms with Crippen LogP contribution in [0.5, 0.6) is 17.2 Å². The number of ketones is 1. The third-order valence-corrected chi connectivity index (χ3v) is 7.31. The SMILES string of the molecule is CCCCCOc1cccc(C2/C(=C(/O)c3ccc4c(c3)OCCO4)C(=O)C(=O)N2CCCN(CC)CC)c1. The zero-order valence-corrected chi connectivity index (χ0v) is 23.3. The van der Waals surface area contributed by atoms with Crippen molar-refractivity contribution >= 4 is 17.4 Å². The Morgan fingerprint density at radius 2 is 1.77 bits per heavy atom. The number of ether oxygens (including phenoxy) is 3. The van der Waals surface area contributed by atoms with Gasteiger partial charge in [-0.3, -0.25) is 9.59 Å². The van der Waals surface area contributed by atoms with E-state index in [9.17, 15) is 14.7 Å². The van der Waals surface area contributed by atoms with Crippen molar-refractivity contribution in [1.82, 2.24) is 9.80 Å². The molecule has 0 radical (unpaired) electrons. The molecule has 1 N–H and O–H groups in total. The van der Waals surface area contributed by atoms with Crippen molar-refractivity contribution in [2.45, 2.75) is 52.5 Å². The minimum atomic E-state index is -0.728. The van der Waals surface area contributed by atoms with Crippen molar-refractivity contribution in [2.75, 3.05) is 46.0 Å². The van der Waals surface area contributed by atoms with E-state index in [0.717, 1.165) is 44.5 Å². The van der Waals surface area contributed by atoms with Gasteiger partial charge in [0.05, 0.1) is 18.2 Å². The second kappa shape index (κ2) is 13.5. The number of amides is 1. The number of benzene rings is 2. The summed E-state index contributed by atoms with van der Waals surface area (Å²) in [6, 6.07) is 11.8. The van der Waals surface area contributed by atoms with Crippen LogP contribution in [0.2, 0.25) is 0 Å². The van der Waals surface area contributed by atoms with E-state index in [2.05, 4.69) is 25.7 Å². The largest absolute Gasteiger partial charge is 0.507 e. The monoisotopic (exact) mass is 536 g/mol. The minimum absolute atomic E-state index is 0.0719. The van der Waals surface area contributed by atoms with Crippen molar-refractivity contribution in [3.05, 3.63) is 59.2 Å². The lowest BCUT2D eigenvalue weighted by Gasteiger charge is -2.27. The number of aliphatic hydroxyl groups excluding tert-OH is 1. The molecule has 1 fully saturated rings. The van der Waals surface area contributed by atoms with Crippen LogP contribution >= 0.6 is 0 Å². The van der Waals surface area contributed by atoms with E-state index >= 15 is 0 Å². The van der Waals surface area contributed by atoms with E-state index in [1.807, 2.05) is 24.3 Å². The highest BCUT2D eigenvalue weighted by molar-refractivity contribution is 6.46. The number of hydrogen-bond acceptors (Lipinski definition) is 7. The number of fused-ring (bicyclic) bond motifs is 1. The highest BCUT2D eigenvalue weighted by Crippen LogP contribution is 2.41. The van der Waals surface area contributed by atoms with Crippen LogP contribution in [-0.2, 0) is 9.59 Å². The third kappa shape index (κ3) is 6.56. The van der Waals surface area contributed by atoms with Gasteiger partial charge in [0, 0.05) is 12.1 Å². The van der Waals surface area contributed by atoms with Crippen LogP contribution in [0, 0.1) is 0 Å². The van der Waals surface area contributed by atoms with Gasteiger partial charge in [-0.15, -0.1) is 0 Å². The maximum absolute atomic E-state index is 13.4. The summed E-state index contributed by atoms with van der Waals surface area (Å²) in [5.41, 5.74) is 1.20. The van der Waals surface area contributed by atoms with Gasteiger partial charge in [-0.05, 0) is 68.4 Å². The molecule has 8 heteroatoms. The first-order chi connectivity index (χ1) is 19.0. The number of Topliss-reactive ketones (excluding diaryl/α,β-unsaturated/α-hetero) is 1. The van der Waals surface area contributed by atoms with Crippen LogP contribution in [-0.4, -0.2) is 72.6 Å². The Morgan fingerprint density at radius 1 is 1.00 bits per heavy atom. The summed E-state index contributed by atoms with van der Waals surface area (Å²) in [5.74, 6) is 0.238. The number of unbranched alkanes of at least 4 members (excludes halogenated alkanes) is 2. The summed E-state index contributed by atoms with van der Waals surface area (Å²) in [6.07, 6.45) is 3.85. The van der Waals surface area contributed by atoms with Gasteiger partial charge in [0.1, 0.15) is 24.7 Å². The van der Waals surface area contributed by atoms with Crippen LogP contribution in [0.15, 0.2) is 48.0 Å². The average Bonchev–Trinajstić information content (AvgIpc) is 3.22. The summed E-state index contributed by atoms with van der Waals surface area (Å²) in [5, 5.41) is 11.5. The fraction of sp³-hybridized carbons (Fsp3) is 0.484. The van der Waals surface area contributed by atoms with Gasteiger partial charge in [0.2, 0.25) is 0 Å². The molecule has 2 aliphatic rings. The minimum Gasteiger partial charge on any atom is -0.507 e. The molecule has 2 aromatic rings. The van der Waals surface area contributed by atoms with E-state index < -0.39 is 17.7 Å². The highest BCUT2D eigenvalue weighted by Gasteiger charge is 2.46. The molecular formula is C31H40N2O6. The van der Waals surface area contributed by atoms with Gasteiger partial charge in [-0.25, -0.2) is 0 Å². The van der Waals surface area contributed by atoms with Gasteiger partial charge in [-0.2, -0.15) is 0 Å². The highest BCUT2D eigenvalue weighted by atomic mass is 16.6. The molecule has 1 unspecified atom stereocenters. The van der Waals surface area contributed by atoms with Crippen molar-refractivity contribution in [3.63, 3.8) is 0 Å². The zero-order chi connectivity index (χ0) is 27.8. The molecule has 2 aliphatic heterocycles. The fourth-order valence-corrected chi connectivity index (χ4v) is 5.12. The summed E-state index contributed by atoms with van der Waals surface area (Å²) in [7, 11) is 0. The lowest BCUT2D eigenvalue weighted by Crippen LogP contribution is -2.33. The molecule has 8 nitrogen and oxygen atoms in total. The fourth-order valence-electron chi connectivity index (χ4n) is 5.12. The summed E-state index contributed by atoms with van der Waals surface area (Å²) < 4.78 is 17.3. The first-order valence-corrected chi connectivity index (χ1v) is 14.1. The Labute approximate surface area is 231 Å². The maximum atomic E-state index is 13.4. The van der Waals surface area contributed by atoms with E-state index in [4.69, 9.17) is 14.2 Å². The summed E-state index contributed by atoms with van der Waals surface area (Å²) in [6.45, 7) is 10.8. The number of rotatable bonds is 13. The number of hydrogen-bond donors (Lipinski definition) is 1. The van der Waals surface area contributed by atoms with Crippen LogP contribution in [0.1, 0.15) is 63.6 Å². The first kappa shape index (κ1) is 28.5. The van der Waals surface area contributed by atoms with Gasteiger partial charge in [0.15, 0.2) is 11.5 Å². The van der Waals surface area contributed by atoms with Gasteiger partial charge >= 0.3 is 0 Å². The molecule has 2 aromatic carbocycles. The Bertz CT molecular complexity index is 1190. The normalized spacial score (nSPS) is 18.2. The van der Waals surface area contributed by atoms with Crippen LogP contribution in [0.4, 0.5) is 0 Å². The Hall–Kier alpha value is -3.52. The van der Waals surface area contributed by atoms with E-state index in [1.54, 1.807) is 23.1 Å². The molecule has 39 heavy (non-hydrogen) atoms.